The lowest BCUT2D eigenvalue weighted by atomic mass is 9.45. The van der Waals surface area contributed by atoms with Crippen molar-refractivity contribution >= 4 is 5.78 Å². The van der Waals surface area contributed by atoms with Crippen molar-refractivity contribution in [2.75, 3.05) is 13.7 Å². The molecular formula is C22H34O5. The molecule has 0 amide bonds. The Bertz CT molecular complexity index is 674. The van der Waals surface area contributed by atoms with Crippen molar-refractivity contribution in [2.45, 2.75) is 82.5 Å². The molecule has 0 saturated heterocycles. The van der Waals surface area contributed by atoms with Crippen LogP contribution in [0.5, 0.6) is 0 Å². The lowest BCUT2D eigenvalue weighted by Gasteiger charge is -2.61. The van der Waals surface area contributed by atoms with E-state index < -0.39 is 16.6 Å². The number of aliphatic hydroxyl groups excluding tert-OH is 1. The third-order valence-electron chi connectivity index (χ3n) is 9.15. The molecule has 0 spiro atoms. The molecule has 4 aliphatic carbocycles. The van der Waals surface area contributed by atoms with Crippen LogP contribution in [0.1, 0.15) is 65.2 Å². The number of ether oxygens (including phenoxy) is 1. The molecule has 5 heteroatoms. The number of carbonyl (C=O) groups excluding carboxylic acids is 1. The quantitative estimate of drug-likeness (QED) is 0.657. The van der Waals surface area contributed by atoms with Gasteiger partial charge in [0.05, 0.1) is 11.7 Å². The van der Waals surface area contributed by atoms with Gasteiger partial charge in [0.2, 0.25) is 0 Å². The van der Waals surface area contributed by atoms with Crippen LogP contribution in [0.15, 0.2) is 11.6 Å². The molecule has 0 aromatic carbocycles. The minimum atomic E-state index is -1.52. The Morgan fingerprint density at radius 2 is 1.89 bits per heavy atom. The molecule has 0 radical (unpaired) electrons. The first kappa shape index (κ1) is 19.6. The van der Waals surface area contributed by atoms with Crippen molar-refractivity contribution in [1.82, 2.24) is 0 Å². The third kappa shape index (κ3) is 2.35. The Balaban J connectivity index is 1.71. The second kappa shape index (κ2) is 6.12. The average Bonchev–Trinajstić information content (AvgIpc) is 2.85. The number of hydrogen-bond acceptors (Lipinski definition) is 5. The van der Waals surface area contributed by atoms with Crippen LogP contribution < -0.4 is 0 Å². The zero-order valence-electron chi connectivity index (χ0n) is 16.8. The highest BCUT2D eigenvalue weighted by atomic mass is 16.5. The molecule has 0 aromatic heterocycles. The Kier molecular flexibility index (Phi) is 4.44. The van der Waals surface area contributed by atoms with E-state index in [1.807, 2.05) is 6.92 Å². The summed E-state index contributed by atoms with van der Waals surface area (Å²) in [4.78, 5) is 12.7. The van der Waals surface area contributed by atoms with Gasteiger partial charge in [0.1, 0.15) is 12.2 Å². The van der Waals surface area contributed by atoms with Gasteiger partial charge in [-0.15, -0.1) is 0 Å². The molecule has 4 rings (SSSR count). The van der Waals surface area contributed by atoms with Crippen molar-refractivity contribution in [3.63, 3.8) is 0 Å². The Hall–Kier alpha value is -0.750. The van der Waals surface area contributed by atoms with Crippen molar-refractivity contribution in [1.29, 1.82) is 0 Å². The maximum absolute atomic E-state index is 12.7. The molecule has 7 atom stereocenters. The van der Waals surface area contributed by atoms with Crippen molar-refractivity contribution < 1.29 is 24.9 Å². The molecule has 0 aliphatic heterocycles. The number of fused-ring (bicyclic) bond motifs is 5. The van der Waals surface area contributed by atoms with Crippen LogP contribution in [0.2, 0.25) is 0 Å². The van der Waals surface area contributed by atoms with Crippen LogP contribution in [-0.2, 0) is 9.53 Å². The van der Waals surface area contributed by atoms with Crippen LogP contribution in [0, 0.1) is 22.7 Å². The van der Waals surface area contributed by atoms with Crippen LogP contribution >= 0.6 is 0 Å². The van der Waals surface area contributed by atoms with Crippen LogP contribution in [0.25, 0.3) is 0 Å². The molecule has 3 fully saturated rings. The van der Waals surface area contributed by atoms with E-state index in [-0.39, 0.29) is 29.8 Å². The standard InChI is InChI=1S/C22H34O5/c1-19-8-6-15(23)12-14(19)4-5-17-16(19)7-9-20(2)21(17,25)10-11-22(20,26)18(24)13-27-3/h4,15-17,23,25-26H,5-13H2,1-3H3/t15-,16+,17-,19-,20-,21+,22-/m1/s1. The van der Waals surface area contributed by atoms with Gasteiger partial charge in [0.25, 0.3) is 0 Å². The van der Waals surface area contributed by atoms with Crippen LogP contribution in [0.3, 0.4) is 0 Å². The number of Topliss-reactive ketones (excluding diaryl/α,β-unsaturated/α-hetero) is 1. The van der Waals surface area contributed by atoms with E-state index in [1.54, 1.807) is 0 Å². The predicted octanol–water partition coefficient (Wildman–Crippen LogP) is 2.37. The lowest BCUT2D eigenvalue weighted by molar-refractivity contribution is -0.215. The topological polar surface area (TPSA) is 87.0 Å². The molecule has 3 N–H and O–H groups in total. The number of allylic oxidation sites excluding steroid dienone is 1. The largest absolute Gasteiger partial charge is 0.393 e. The Morgan fingerprint density at radius 1 is 1.15 bits per heavy atom. The van der Waals surface area contributed by atoms with Crippen molar-refractivity contribution in [2.24, 2.45) is 22.7 Å². The summed E-state index contributed by atoms with van der Waals surface area (Å²) < 4.78 is 5.02. The fourth-order valence-corrected chi connectivity index (χ4v) is 7.32. The van der Waals surface area contributed by atoms with Crippen molar-refractivity contribution in [3.8, 4) is 0 Å². The fraction of sp³-hybridized carbons (Fsp3) is 0.864. The summed E-state index contributed by atoms with van der Waals surface area (Å²) in [5.74, 6) is 0.0773. The molecule has 27 heavy (non-hydrogen) atoms. The van der Waals surface area contributed by atoms with Crippen LogP contribution in [0.4, 0.5) is 0 Å². The highest BCUT2D eigenvalue weighted by Gasteiger charge is 2.72. The zero-order valence-corrected chi connectivity index (χ0v) is 16.8. The van der Waals surface area contributed by atoms with E-state index in [0.29, 0.717) is 25.2 Å². The smallest absolute Gasteiger partial charge is 0.190 e. The number of rotatable bonds is 3. The molecule has 152 valence electrons. The molecular weight excluding hydrogens is 344 g/mol. The highest BCUT2D eigenvalue weighted by molar-refractivity contribution is 5.90. The van der Waals surface area contributed by atoms with E-state index in [2.05, 4.69) is 13.0 Å². The van der Waals surface area contributed by atoms with Crippen molar-refractivity contribution in [3.05, 3.63) is 11.6 Å². The second-order valence-electron chi connectivity index (χ2n) is 10.0. The van der Waals surface area contributed by atoms with Gasteiger partial charge in [-0.05, 0) is 68.6 Å². The number of methoxy groups -OCH3 is 1. The molecule has 0 bridgehead atoms. The molecule has 0 heterocycles. The maximum atomic E-state index is 12.7. The third-order valence-corrected chi connectivity index (χ3v) is 9.15. The lowest BCUT2D eigenvalue weighted by Crippen LogP contribution is -2.66. The molecule has 0 unspecified atom stereocenters. The van der Waals surface area contributed by atoms with Gasteiger partial charge < -0.3 is 20.1 Å². The summed E-state index contributed by atoms with van der Waals surface area (Å²) in [5.41, 5.74) is -2.05. The number of aliphatic hydroxyl groups is 3. The Morgan fingerprint density at radius 3 is 2.59 bits per heavy atom. The SMILES string of the molecule is COCC(=O)[C@]1(O)CC[C@]2(O)[C@@H]3CC=C4C[C@H](O)CC[C@@]4(C)[C@H]3CC[C@@]12C. The summed E-state index contributed by atoms with van der Waals surface area (Å²) in [6.45, 7) is 4.09. The molecule has 0 aromatic rings. The normalized spacial score (nSPS) is 51.8. The summed E-state index contributed by atoms with van der Waals surface area (Å²) in [7, 11) is 1.47. The van der Waals surface area contributed by atoms with Gasteiger partial charge >= 0.3 is 0 Å². The summed E-state index contributed by atoms with van der Waals surface area (Å²) in [5, 5.41) is 33.4. The predicted molar refractivity (Wildman–Crippen MR) is 101 cm³/mol. The highest BCUT2D eigenvalue weighted by Crippen LogP contribution is 2.68. The van der Waals surface area contributed by atoms with E-state index in [0.717, 1.165) is 32.1 Å². The molecule has 4 aliphatic rings. The summed E-state index contributed by atoms with van der Waals surface area (Å²) in [6.07, 6.45) is 7.55. The molecule has 3 saturated carbocycles. The monoisotopic (exact) mass is 378 g/mol. The van der Waals surface area contributed by atoms with Gasteiger partial charge in [0, 0.05) is 12.5 Å². The van der Waals surface area contributed by atoms with Gasteiger partial charge in [-0.25, -0.2) is 0 Å². The molecule has 5 nitrogen and oxygen atoms in total. The first-order valence-corrected chi connectivity index (χ1v) is 10.5. The summed E-state index contributed by atoms with van der Waals surface area (Å²) >= 11 is 0. The average molecular weight is 379 g/mol. The van der Waals surface area contributed by atoms with Gasteiger partial charge in [-0.2, -0.15) is 0 Å². The van der Waals surface area contributed by atoms with Gasteiger partial charge in [0.15, 0.2) is 5.78 Å². The zero-order chi connectivity index (χ0) is 19.7. The van der Waals surface area contributed by atoms with E-state index in [1.165, 1.54) is 12.7 Å². The number of ketones is 1. The fourth-order valence-electron chi connectivity index (χ4n) is 7.32. The van der Waals surface area contributed by atoms with E-state index in [9.17, 15) is 20.1 Å². The van der Waals surface area contributed by atoms with Gasteiger partial charge in [-0.1, -0.05) is 25.5 Å². The number of hydrogen-bond donors (Lipinski definition) is 3. The number of carbonyl (C=O) groups is 1. The summed E-state index contributed by atoms with van der Waals surface area (Å²) in [6, 6.07) is 0. The van der Waals surface area contributed by atoms with Gasteiger partial charge in [-0.3, -0.25) is 4.79 Å². The first-order valence-electron chi connectivity index (χ1n) is 10.5. The minimum Gasteiger partial charge on any atom is -0.393 e. The second-order valence-corrected chi connectivity index (χ2v) is 10.0. The van der Waals surface area contributed by atoms with Crippen LogP contribution in [-0.4, -0.2) is 52.1 Å². The van der Waals surface area contributed by atoms with E-state index in [4.69, 9.17) is 4.74 Å². The Labute approximate surface area is 161 Å². The first-order chi connectivity index (χ1) is 12.6. The maximum Gasteiger partial charge on any atom is 0.190 e. The van der Waals surface area contributed by atoms with E-state index >= 15 is 0 Å². The minimum absolute atomic E-state index is 0.0104.